The van der Waals surface area contributed by atoms with Crippen molar-refractivity contribution in [3.05, 3.63) is 84.0 Å². The van der Waals surface area contributed by atoms with E-state index in [1.165, 1.54) is 26.4 Å². The van der Waals surface area contributed by atoms with E-state index in [1.54, 1.807) is 4.90 Å². The number of ether oxygens (including phenoxy) is 2. The Bertz CT molecular complexity index is 1310. The number of hydrogen-bond acceptors (Lipinski definition) is 9. The van der Waals surface area contributed by atoms with Crippen LogP contribution in [0.25, 0.3) is 22.8 Å². The van der Waals surface area contributed by atoms with E-state index in [9.17, 15) is 14.4 Å². The van der Waals surface area contributed by atoms with Crippen LogP contribution in [0.5, 0.6) is 0 Å². The summed E-state index contributed by atoms with van der Waals surface area (Å²) in [5, 5.41) is 0. The molecule has 5 rings (SSSR count). The Morgan fingerprint density at radius 3 is 1.80 bits per heavy atom. The average Bonchev–Trinajstić information content (AvgIpc) is 3.19. The maximum atomic E-state index is 13.0. The second-order valence-corrected chi connectivity index (χ2v) is 7.84. The number of methoxy groups -OCH3 is 2. The number of carbonyl (C=O) groups excluding carboxylic acids is 3. The van der Waals surface area contributed by atoms with Crippen molar-refractivity contribution in [1.29, 1.82) is 0 Å². The normalized spacial score (nSPS) is 18.6. The topological polar surface area (TPSA) is 112 Å². The van der Waals surface area contributed by atoms with Gasteiger partial charge in [0.05, 0.1) is 31.4 Å². The first-order valence-electron chi connectivity index (χ1n) is 10.8. The van der Waals surface area contributed by atoms with Gasteiger partial charge >= 0.3 is 11.9 Å². The zero-order chi connectivity index (χ0) is 24.5. The average molecular weight is 468 g/mol. The van der Waals surface area contributed by atoms with Crippen molar-refractivity contribution in [3.63, 3.8) is 0 Å². The summed E-state index contributed by atoms with van der Waals surface area (Å²) >= 11 is 0. The summed E-state index contributed by atoms with van der Waals surface area (Å²) in [6.45, 7) is 0. The van der Waals surface area contributed by atoms with Gasteiger partial charge < -0.3 is 14.4 Å². The SMILES string of the molecule is COC(=O)C1=C(C(=O)OC)C2C(=O)C=CC1N2c1nc(-c2ccccc2)nc(-c2ccccc2)n1. The van der Waals surface area contributed by atoms with Crippen LogP contribution in [0.2, 0.25) is 0 Å². The van der Waals surface area contributed by atoms with E-state index in [1.807, 2.05) is 60.7 Å². The van der Waals surface area contributed by atoms with Crippen LogP contribution in [0.3, 0.4) is 0 Å². The van der Waals surface area contributed by atoms with Gasteiger partial charge in [-0.05, 0) is 6.08 Å². The number of aromatic nitrogens is 3. The molecule has 3 heterocycles. The van der Waals surface area contributed by atoms with Crippen molar-refractivity contribution < 1.29 is 23.9 Å². The molecule has 0 N–H and O–H groups in total. The number of rotatable bonds is 5. The second kappa shape index (κ2) is 8.94. The molecule has 0 spiro atoms. The first-order chi connectivity index (χ1) is 17.0. The zero-order valence-electron chi connectivity index (χ0n) is 18.9. The minimum absolute atomic E-state index is 0.0226. The van der Waals surface area contributed by atoms with Gasteiger partial charge in [0, 0.05) is 11.1 Å². The Balaban J connectivity index is 1.72. The number of anilines is 1. The van der Waals surface area contributed by atoms with Crippen molar-refractivity contribution in [2.45, 2.75) is 12.1 Å². The highest BCUT2D eigenvalue weighted by Gasteiger charge is 2.52. The molecule has 9 nitrogen and oxygen atoms in total. The van der Waals surface area contributed by atoms with Crippen molar-refractivity contribution >= 4 is 23.7 Å². The molecule has 0 amide bonds. The van der Waals surface area contributed by atoms with Gasteiger partial charge in [0.15, 0.2) is 17.4 Å². The van der Waals surface area contributed by atoms with Crippen molar-refractivity contribution in [1.82, 2.24) is 15.0 Å². The number of nitrogens with zero attached hydrogens (tertiary/aromatic N) is 4. The fourth-order valence-electron chi connectivity index (χ4n) is 4.32. The van der Waals surface area contributed by atoms with Crippen LogP contribution >= 0.6 is 0 Å². The lowest BCUT2D eigenvalue weighted by Gasteiger charge is -2.32. The highest BCUT2D eigenvalue weighted by atomic mass is 16.5. The van der Waals surface area contributed by atoms with Gasteiger partial charge in [0.2, 0.25) is 5.95 Å². The molecular weight excluding hydrogens is 448 g/mol. The largest absolute Gasteiger partial charge is 0.466 e. The molecule has 0 saturated heterocycles. The minimum Gasteiger partial charge on any atom is -0.466 e. The highest BCUT2D eigenvalue weighted by Crippen LogP contribution is 2.39. The lowest BCUT2D eigenvalue weighted by atomic mass is 10.0. The predicted octanol–water partition coefficient (Wildman–Crippen LogP) is 2.54. The molecule has 2 aromatic carbocycles. The van der Waals surface area contributed by atoms with E-state index >= 15 is 0 Å². The second-order valence-electron chi connectivity index (χ2n) is 7.84. The smallest absolute Gasteiger partial charge is 0.336 e. The molecule has 0 saturated carbocycles. The molecule has 2 aliphatic rings. The summed E-state index contributed by atoms with van der Waals surface area (Å²) in [6.07, 6.45) is 2.89. The molecule has 3 aromatic rings. The molecule has 2 aliphatic heterocycles. The number of carbonyl (C=O) groups is 3. The molecule has 0 radical (unpaired) electrons. The molecule has 2 bridgehead atoms. The van der Waals surface area contributed by atoms with E-state index < -0.39 is 29.8 Å². The molecule has 1 aromatic heterocycles. The number of fused-ring (bicyclic) bond motifs is 2. The highest BCUT2D eigenvalue weighted by molar-refractivity contribution is 6.15. The van der Waals surface area contributed by atoms with Gasteiger partial charge in [-0.25, -0.2) is 14.6 Å². The zero-order valence-corrected chi connectivity index (χ0v) is 18.9. The van der Waals surface area contributed by atoms with E-state index in [-0.39, 0.29) is 17.1 Å². The number of hydrogen-bond donors (Lipinski definition) is 0. The third-order valence-electron chi connectivity index (χ3n) is 5.88. The van der Waals surface area contributed by atoms with Gasteiger partial charge in [-0.2, -0.15) is 9.97 Å². The van der Waals surface area contributed by atoms with E-state index in [0.717, 1.165) is 11.1 Å². The molecule has 9 heteroatoms. The number of benzene rings is 2. The summed E-state index contributed by atoms with van der Waals surface area (Å²) in [5.74, 6) is -1.01. The first-order valence-corrected chi connectivity index (χ1v) is 10.8. The van der Waals surface area contributed by atoms with Crippen molar-refractivity contribution in [2.24, 2.45) is 0 Å². The van der Waals surface area contributed by atoms with Gasteiger partial charge in [-0.3, -0.25) is 4.79 Å². The molecular formula is C26H20N4O5. The lowest BCUT2D eigenvalue weighted by molar-refractivity contribution is -0.139. The molecule has 35 heavy (non-hydrogen) atoms. The van der Waals surface area contributed by atoms with Crippen LogP contribution < -0.4 is 4.90 Å². The predicted molar refractivity (Wildman–Crippen MR) is 126 cm³/mol. The molecule has 0 fully saturated rings. The maximum Gasteiger partial charge on any atom is 0.336 e. The quantitative estimate of drug-likeness (QED) is 0.522. The van der Waals surface area contributed by atoms with Crippen LogP contribution in [0.1, 0.15) is 0 Å². The Morgan fingerprint density at radius 1 is 0.771 bits per heavy atom. The summed E-state index contributed by atoms with van der Waals surface area (Å²) < 4.78 is 9.86. The first kappa shape index (κ1) is 22.1. The van der Waals surface area contributed by atoms with Crippen LogP contribution in [-0.4, -0.2) is 59.0 Å². The summed E-state index contributed by atoms with van der Waals surface area (Å²) in [4.78, 5) is 54.0. The van der Waals surface area contributed by atoms with Gasteiger partial charge in [0.1, 0.15) is 6.04 Å². The maximum absolute atomic E-state index is 13.0. The van der Waals surface area contributed by atoms with E-state index in [2.05, 4.69) is 15.0 Å². The monoisotopic (exact) mass is 468 g/mol. The van der Waals surface area contributed by atoms with Crippen LogP contribution in [-0.2, 0) is 23.9 Å². The van der Waals surface area contributed by atoms with Gasteiger partial charge in [-0.1, -0.05) is 66.7 Å². The Morgan fingerprint density at radius 2 is 1.29 bits per heavy atom. The molecule has 2 atom stereocenters. The minimum atomic E-state index is -1.14. The Hall–Kier alpha value is -4.66. The summed E-state index contributed by atoms with van der Waals surface area (Å²) in [5.41, 5.74) is 1.43. The Kier molecular flexibility index (Phi) is 5.66. The molecule has 0 aliphatic carbocycles. The third kappa shape index (κ3) is 3.76. The van der Waals surface area contributed by atoms with Gasteiger partial charge in [-0.15, -0.1) is 0 Å². The van der Waals surface area contributed by atoms with Crippen LogP contribution in [0, 0.1) is 0 Å². The molecule has 174 valence electrons. The number of ketones is 1. The standard InChI is InChI=1S/C26H20N4O5/c1-34-24(32)19-17-13-14-18(31)21(20(19)25(33)35-2)30(17)26-28-22(15-9-5-3-6-10-15)27-23(29-26)16-11-7-4-8-12-16/h3-14,17,21H,1-2H3. The van der Waals surface area contributed by atoms with E-state index in [4.69, 9.17) is 9.47 Å². The fourth-order valence-corrected chi connectivity index (χ4v) is 4.32. The number of esters is 2. The molecule has 2 unspecified atom stereocenters. The van der Waals surface area contributed by atoms with Gasteiger partial charge in [0.25, 0.3) is 0 Å². The van der Waals surface area contributed by atoms with Crippen LogP contribution in [0.15, 0.2) is 84.0 Å². The van der Waals surface area contributed by atoms with E-state index in [0.29, 0.717) is 11.6 Å². The third-order valence-corrected chi connectivity index (χ3v) is 5.88. The van der Waals surface area contributed by atoms with Crippen LogP contribution in [0.4, 0.5) is 5.95 Å². The van der Waals surface area contributed by atoms with Crippen molar-refractivity contribution in [3.8, 4) is 22.8 Å². The summed E-state index contributed by atoms with van der Waals surface area (Å²) in [6, 6.07) is 16.7. The lowest BCUT2D eigenvalue weighted by Crippen LogP contribution is -2.47. The Labute approximate surface area is 200 Å². The summed E-state index contributed by atoms with van der Waals surface area (Å²) in [7, 11) is 2.41. The fraction of sp³-hybridized carbons (Fsp3) is 0.154. The van der Waals surface area contributed by atoms with Crippen molar-refractivity contribution in [2.75, 3.05) is 19.1 Å².